The topological polar surface area (TPSA) is 40.5 Å². The van der Waals surface area contributed by atoms with E-state index in [1.807, 2.05) is 0 Å². The molecule has 2 nitrogen and oxygen atoms in total. The van der Waals surface area contributed by atoms with Crippen LogP contribution in [0.15, 0.2) is 36.4 Å². The Morgan fingerprint density at radius 2 is 1.21 bits per heavy atom. The van der Waals surface area contributed by atoms with Gasteiger partial charge in [0.05, 0.1) is 0 Å². The van der Waals surface area contributed by atoms with Crippen molar-refractivity contribution >= 4 is 0 Å². The lowest BCUT2D eigenvalue weighted by Crippen LogP contribution is -1.77. The lowest BCUT2D eigenvalue weighted by molar-refractivity contribution is 0.404. The fraction of sp³-hybridized carbons (Fsp3) is 0.333. The van der Waals surface area contributed by atoms with Crippen LogP contribution in [-0.2, 0) is 0 Å². The largest absolute Gasteiger partial charge is 0.504 e. The molecule has 0 unspecified atom stereocenters. The first-order valence-electron chi connectivity index (χ1n) is 4.92. The summed E-state index contributed by atoms with van der Waals surface area (Å²) in [5, 5.41) is 17.3. The van der Waals surface area contributed by atoms with Gasteiger partial charge in [0.25, 0.3) is 0 Å². The minimum atomic E-state index is -0.0764. The predicted molar refractivity (Wildman–Crippen MR) is 57.4 cm³/mol. The Balaban J connectivity index is 0.000000146. The Morgan fingerprint density at radius 3 is 1.43 bits per heavy atom. The van der Waals surface area contributed by atoms with E-state index >= 15 is 0 Å². The summed E-state index contributed by atoms with van der Waals surface area (Å²) >= 11 is 0. The molecule has 0 bridgehead atoms. The smallest absolute Gasteiger partial charge is 0.157 e. The predicted octanol–water partition coefficient (Wildman–Crippen LogP) is 3.21. The van der Waals surface area contributed by atoms with Gasteiger partial charge < -0.3 is 10.2 Å². The monoisotopic (exact) mass is 192 g/mol. The van der Waals surface area contributed by atoms with Gasteiger partial charge in [0.15, 0.2) is 11.5 Å². The molecular formula is C12H16O2. The molecule has 0 amide bonds. The van der Waals surface area contributed by atoms with Gasteiger partial charge in [-0.2, -0.15) is 0 Å². The summed E-state index contributed by atoms with van der Waals surface area (Å²) in [7, 11) is 0. The minimum Gasteiger partial charge on any atom is -0.504 e. The molecule has 0 atom stereocenters. The number of benzene rings is 1. The molecule has 1 aliphatic rings. The molecule has 0 radical (unpaired) electrons. The zero-order valence-corrected chi connectivity index (χ0v) is 8.19. The average Bonchev–Trinajstić information content (AvgIpc) is 2.26. The molecule has 14 heavy (non-hydrogen) atoms. The Hall–Kier alpha value is -1.44. The van der Waals surface area contributed by atoms with Crippen LogP contribution in [0.4, 0.5) is 0 Å². The van der Waals surface area contributed by atoms with Gasteiger partial charge in [-0.3, -0.25) is 0 Å². The second-order valence-corrected chi connectivity index (χ2v) is 3.24. The summed E-state index contributed by atoms with van der Waals surface area (Å²) in [4.78, 5) is 0. The third-order valence-corrected chi connectivity index (χ3v) is 2.04. The first-order chi connectivity index (χ1) is 6.80. The van der Waals surface area contributed by atoms with Gasteiger partial charge in [0.2, 0.25) is 0 Å². The first kappa shape index (κ1) is 10.6. The van der Waals surface area contributed by atoms with Crippen molar-refractivity contribution in [3.63, 3.8) is 0 Å². The zero-order valence-electron chi connectivity index (χ0n) is 8.19. The minimum absolute atomic E-state index is 0.0764. The standard InChI is InChI=1S/C6H6O2.C6H10/c7-5-3-1-2-4-6(5)8;1-2-4-6-5-3-1/h1-4,7-8H;1-2H,3-6H2. The van der Waals surface area contributed by atoms with Crippen LogP contribution in [-0.4, -0.2) is 10.2 Å². The highest BCUT2D eigenvalue weighted by molar-refractivity contribution is 5.36. The molecule has 0 fully saturated rings. The van der Waals surface area contributed by atoms with Gasteiger partial charge in [-0.05, 0) is 37.8 Å². The van der Waals surface area contributed by atoms with Crippen molar-refractivity contribution in [2.45, 2.75) is 25.7 Å². The van der Waals surface area contributed by atoms with Crippen molar-refractivity contribution < 1.29 is 10.2 Å². The second kappa shape index (κ2) is 6.08. The molecule has 0 spiro atoms. The van der Waals surface area contributed by atoms with E-state index in [0.29, 0.717) is 0 Å². The molecule has 0 aliphatic heterocycles. The van der Waals surface area contributed by atoms with Crippen LogP contribution in [0.1, 0.15) is 25.7 Å². The lowest BCUT2D eigenvalue weighted by atomic mass is 10.1. The van der Waals surface area contributed by atoms with E-state index in [1.54, 1.807) is 12.1 Å². The molecule has 1 aromatic carbocycles. The molecule has 1 aromatic rings. The highest BCUT2D eigenvalue weighted by atomic mass is 16.3. The number of hydrogen-bond donors (Lipinski definition) is 2. The quantitative estimate of drug-likeness (QED) is 0.489. The van der Waals surface area contributed by atoms with Crippen molar-refractivity contribution in [3.05, 3.63) is 36.4 Å². The van der Waals surface area contributed by atoms with Crippen molar-refractivity contribution in [1.82, 2.24) is 0 Å². The number of rotatable bonds is 0. The van der Waals surface area contributed by atoms with Crippen LogP contribution in [0.2, 0.25) is 0 Å². The maximum Gasteiger partial charge on any atom is 0.157 e. The summed E-state index contributed by atoms with van der Waals surface area (Å²) in [5.74, 6) is -0.153. The Kier molecular flexibility index (Phi) is 4.62. The van der Waals surface area contributed by atoms with Crippen LogP contribution in [0.5, 0.6) is 11.5 Å². The van der Waals surface area contributed by atoms with E-state index in [-0.39, 0.29) is 11.5 Å². The maximum absolute atomic E-state index is 8.67. The van der Waals surface area contributed by atoms with E-state index in [2.05, 4.69) is 12.2 Å². The first-order valence-corrected chi connectivity index (χ1v) is 4.92. The SMILES string of the molecule is C1=CCCCC1.Oc1ccccc1O. The van der Waals surface area contributed by atoms with E-state index in [0.717, 1.165) is 0 Å². The summed E-state index contributed by atoms with van der Waals surface area (Å²) in [6.45, 7) is 0. The third-order valence-electron chi connectivity index (χ3n) is 2.04. The molecule has 76 valence electrons. The fourth-order valence-corrected chi connectivity index (χ4v) is 1.22. The molecule has 0 heterocycles. The van der Waals surface area contributed by atoms with E-state index in [4.69, 9.17) is 10.2 Å². The van der Waals surface area contributed by atoms with Gasteiger partial charge in [0, 0.05) is 0 Å². The average molecular weight is 192 g/mol. The van der Waals surface area contributed by atoms with Gasteiger partial charge in [-0.1, -0.05) is 24.3 Å². The van der Waals surface area contributed by atoms with Gasteiger partial charge in [-0.25, -0.2) is 0 Å². The van der Waals surface area contributed by atoms with Gasteiger partial charge in [-0.15, -0.1) is 0 Å². The number of para-hydroxylation sites is 2. The molecule has 1 aliphatic carbocycles. The number of phenols is 2. The molecule has 2 rings (SSSR count). The van der Waals surface area contributed by atoms with Crippen molar-refractivity contribution in [2.75, 3.05) is 0 Å². The van der Waals surface area contributed by atoms with Gasteiger partial charge in [0.1, 0.15) is 0 Å². The molecular weight excluding hydrogens is 176 g/mol. The maximum atomic E-state index is 8.67. The van der Waals surface area contributed by atoms with Gasteiger partial charge >= 0.3 is 0 Å². The zero-order chi connectivity index (χ0) is 10.2. The van der Waals surface area contributed by atoms with Crippen LogP contribution in [0, 0.1) is 0 Å². The second-order valence-electron chi connectivity index (χ2n) is 3.24. The van der Waals surface area contributed by atoms with Crippen molar-refractivity contribution in [3.8, 4) is 11.5 Å². The number of aromatic hydroxyl groups is 2. The third kappa shape index (κ3) is 3.99. The van der Waals surface area contributed by atoms with E-state index < -0.39 is 0 Å². The molecule has 0 saturated carbocycles. The van der Waals surface area contributed by atoms with Crippen molar-refractivity contribution in [1.29, 1.82) is 0 Å². The highest BCUT2D eigenvalue weighted by Crippen LogP contribution is 2.21. The lowest BCUT2D eigenvalue weighted by Gasteiger charge is -1.97. The number of hydrogen-bond acceptors (Lipinski definition) is 2. The molecule has 2 N–H and O–H groups in total. The summed E-state index contributed by atoms with van der Waals surface area (Å²) < 4.78 is 0. The Labute approximate surface area is 84.5 Å². The van der Waals surface area contributed by atoms with Crippen molar-refractivity contribution in [2.24, 2.45) is 0 Å². The number of allylic oxidation sites excluding steroid dienone is 2. The number of phenolic OH excluding ortho intramolecular Hbond substituents is 2. The summed E-state index contributed by atoms with van der Waals surface area (Å²) in [5.41, 5.74) is 0. The van der Waals surface area contributed by atoms with Crippen LogP contribution in [0.3, 0.4) is 0 Å². The normalized spacial score (nSPS) is 14.3. The summed E-state index contributed by atoms with van der Waals surface area (Å²) in [6.07, 6.45) is 10.0. The molecule has 0 aromatic heterocycles. The molecule has 2 heteroatoms. The summed E-state index contributed by atoms with van der Waals surface area (Å²) in [6, 6.07) is 6.15. The van der Waals surface area contributed by atoms with Crippen LogP contribution >= 0.6 is 0 Å². The van der Waals surface area contributed by atoms with Crippen LogP contribution < -0.4 is 0 Å². The van der Waals surface area contributed by atoms with E-state index in [1.165, 1.54) is 37.8 Å². The molecule has 0 saturated heterocycles. The Morgan fingerprint density at radius 1 is 0.786 bits per heavy atom. The highest BCUT2D eigenvalue weighted by Gasteiger charge is 1.90. The van der Waals surface area contributed by atoms with Crippen LogP contribution in [0.25, 0.3) is 0 Å². The fourth-order valence-electron chi connectivity index (χ4n) is 1.22. The van der Waals surface area contributed by atoms with E-state index in [9.17, 15) is 0 Å². The Bertz CT molecular complexity index is 263.